The van der Waals surface area contributed by atoms with Crippen molar-refractivity contribution in [2.75, 3.05) is 18.0 Å². The molecular weight excluding hydrogens is 300 g/mol. The van der Waals surface area contributed by atoms with Crippen molar-refractivity contribution in [2.45, 2.75) is 33.6 Å². The predicted molar refractivity (Wildman–Crippen MR) is 83.2 cm³/mol. The molecule has 1 aromatic carbocycles. The molecule has 1 fully saturated rings. The van der Waals surface area contributed by atoms with Gasteiger partial charge in [0.2, 0.25) is 0 Å². The van der Waals surface area contributed by atoms with Crippen LogP contribution in [0.3, 0.4) is 0 Å². The Morgan fingerprint density at radius 3 is 2.84 bits per heavy atom. The molecule has 0 spiro atoms. The zero-order valence-electron chi connectivity index (χ0n) is 11.9. The van der Waals surface area contributed by atoms with Crippen LogP contribution in [0.15, 0.2) is 22.7 Å². The van der Waals surface area contributed by atoms with Crippen molar-refractivity contribution in [3.63, 3.8) is 0 Å². The molecule has 0 saturated carbocycles. The quantitative estimate of drug-likeness (QED) is 0.800. The molecule has 1 aliphatic heterocycles. The summed E-state index contributed by atoms with van der Waals surface area (Å²) in [4.78, 5) is 2.41. The summed E-state index contributed by atoms with van der Waals surface area (Å²) in [6.07, 6.45) is 1.78. The average molecular weight is 321 g/mol. The highest BCUT2D eigenvalue weighted by molar-refractivity contribution is 9.10. The number of anilines is 1. The van der Waals surface area contributed by atoms with Crippen LogP contribution in [0.1, 0.15) is 32.3 Å². The second-order valence-electron chi connectivity index (χ2n) is 6.20. The van der Waals surface area contributed by atoms with Crippen LogP contribution >= 0.6 is 15.9 Å². The van der Waals surface area contributed by atoms with Crippen molar-refractivity contribution in [1.29, 1.82) is 5.26 Å². The largest absolute Gasteiger partial charge is 0.370 e. The predicted octanol–water partition coefficient (Wildman–Crippen LogP) is 4.52. The Labute approximate surface area is 124 Å². The molecule has 0 aromatic heterocycles. The number of piperidine rings is 1. The van der Waals surface area contributed by atoms with Gasteiger partial charge in [-0.3, -0.25) is 0 Å². The molecule has 0 bridgehead atoms. The van der Waals surface area contributed by atoms with Crippen molar-refractivity contribution in [2.24, 2.45) is 11.3 Å². The molecule has 19 heavy (non-hydrogen) atoms. The fraction of sp³-hybridized carbons (Fsp3) is 0.562. The number of rotatable bonds is 2. The SMILES string of the molecule is Cc1ccc(N2CCC(C)(C)C(CC#N)C2)c(Br)c1. The Kier molecular flexibility index (Phi) is 4.20. The third kappa shape index (κ3) is 3.12. The molecule has 1 atom stereocenters. The van der Waals surface area contributed by atoms with E-state index in [1.807, 2.05) is 0 Å². The van der Waals surface area contributed by atoms with E-state index in [0.717, 1.165) is 24.0 Å². The second-order valence-corrected chi connectivity index (χ2v) is 7.05. The van der Waals surface area contributed by atoms with Crippen LogP contribution in [0.25, 0.3) is 0 Å². The topological polar surface area (TPSA) is 27.0 Å². The minimum Gasteiger partial charge on any atom is -0.370 e. The Bertz CT molecular complexity index is 502. The van der Waals surface area contributed by atoms with Gasteiger partial charge in [-0.15, -0.1) is 0 Å². The lowest BCUT2D eigenvalue weighted by Gasteiger charge is -2.44. The number of aryl methyl sites for hydroxylation is 1. The highest BCUT2D eigenvalue weighted by Gasteiger charge is 2.35. The Balaban J connectivity index is 2.21. The van der Waals surface area contributed by atoms with Crippen molar-refractivity contribution >= 4 is 21.6 Å². The van der Waals surface area contributed by atoms with Crippen LogP contribution in [0, 0.1) is 29.6 Å². The maximum Gasteiger partial charge on any atom is 0.0625 e. The molecule has 2 rings (SSSR count). The van der Waals surface area contributed by atoms with Crippen molar-refractivity contribution in [1.82, 2.24) is 0 Å². The van der Waals surface area contributed by atoms with Crippen LogP contribution < -0.4 is 4.90 Å². The van der Waals surface area contributed by atoms with Crippen LogP contribution in [0.2, 0.25) is 0 Å². The first-order valence-corrected chi connectivity index (χ1v) is 7.61. The van der Waals surface area contributed by atoms with Crippen molar-refractivity contribution < 1.29 is 0 Å². The number of nitriles is 1. The molecule has 1 heterocycles. The third-order valence-electron chi connectivity index (χ3n) is 4.35. The summed E-state index contributed by atoms with van der Waals surface area (Å²) in [5.74, 6) is 0.444. The lowest BCUT2D eigenvalue weighted by atomic mass is 9.72. The summed E-state index contributed by atoms with van der Waals surface area (Å²) in [5.41, 5.74) is 2.79. The van der Waals surface area contributed by atoms with Gasteiger partial charge in [-0.2, -0.15) is 5.26 Å². The van der Waals surface area contributed by atoms with Crippen LogP contribution in [-0.4, -0.2) is 13.1 Å². The van der Waals surface area contributed by atoms with E-state index in [1.165, 1.54) is 11.3 Å². The van der Waals surface area contributed by atoms with Gasteiger partial charge in [0, 0.05) is 24.0 Å². The number of nitrogens with zero attached hydrogens (tertiary/aromatic N) is 2. The van der Waals surface area contributed by atoms with Crippen molar-refractivity contribution in [3.05, 3.63) is 28.2 Å². The van der Waals surface area contributed by atoms with E-state index in [0.29, 0.717) is 12.3 Å². The third-order valence-corrected chi connectivity index (χ3v) is 4.99. The highest BCUT2D eigenvalue weighted by atomic mass is 79.9. The normalized spacial score (nSPS) is 22.1. The summed E-state index contributed by atoms with van der Waals surface area (Å²) >= 11 is 3.66. The van der Waals surface area contributed by atoms with Crippen LogP contribution in [0.4, 0.5) is 5.69 Å². The summed E-state index contributed by atoms with van der Waals surface area (Å²) in [7, 11) is 0. The van der Waals surface area contributed by atoms with E-state index in [9.17, 15) is 0 Å². The van der Waals surface area contributed by atoms with Gasteiger partial charge in [0.25, 0.3) is 0 Å². The minimum atomic E-state index is 0.267. The first-order chi connectivity index (χ1) is 8.94. The van der Waals surface area contributed by atoms with E-state index in [-0.39, 0.29) is 5.41 Å². The van der Waals surface area contributed by atoms with E-state index in [1.54, 1.807) is 0 Å². The van der Waals surface area contributed by atoms with Gasteiger partial charge in [0.05, 0.1) is 11.8 Å². The summed E-state index contributed by atoms with van der Waals surface area (Å²) < 4.78 is 1.16. The van der Waals surface area contributed by atoms with E-state index in [2.05, 4.69) is 65.9 Å². The molecular formula is C16H21BrN2. The maximum atomic E-state index is 9.02. The minimum absolute atomic E-state index is 0.267. The number of hydrogen-bond acceptors (Lipinski definition) is 2. The average Bonchev–Trinajstić information content (AvgIpc) is 2.33. The molecule has 0 amide bonds. The van der Waals surface area contributed by atoms with Gasteiger partial charge in [-0.1, -0.05) is 19.9 Å². The molecule has 1 unspecified atom stereocenters. The van der Waals surface area contributed by atoms with Gasteiger partial charge in [-0.05, 0) is 58.3 Å². The lowest BCUT2D eigenvalue weighted by molar-refractivity contribution is 0.174. The zero-order valence-corrected chi connectivity index (χ0v) is 13.5. The van der Waals surface area contributed by atoms with E-state index < -0.39 is 0 Å². The second kappa shape index (κ2) is 5.54. The molecule has 102 valence electrons. The van der Waals surface area contributed by atoms with Gasteiger partial charge in [0.1, 0.15) is 0 Å². The summed E-state index contributed by atoms with van der Waals surface area (Å²) in [5, 5.41) is 9.02. The van der Waals surface area contributed by atoms with Gasteiger partial charge in [0.15, 0.2) is 0 Å². The standard InChI is InChI=1S/C16H21BrN2/c1-12-4-5-15(14(17)10-12)19-9-7-16(2,3)13(11-19)6-8-18/h4-5,10,13H,6-7,9,11H2,1-3H3. The number of halogens is 1. The van der Waals surface area contributed by atoms with E-state index in [4.69, 9.17) is 5.26 Å². The van der Waals surface area contributed by atoms with Gasteiger partial charge < -0.3 is 4.90 Å². The van der Waals surface area contributed by atoms with E-state index >= 15 is 0 Å². The smallest absolute Gasteiger partial charge is 0.0625 e. The molecule has 0 aliphatic carbocycles. The Hall–Kier alpha value is -1.01. The monoisotopic (exact) mass is 320 g/mol. The maximum absolute atomic E-state index is 9.02. The molecule has 2 nitrogen and oxygen atoms in total. The molecule has 3 heteroatoms. The summed E-state index contributed by atoms with van der Waals surface area (Å²) in [6, 6.07) is 8.85. The first-order valence-electron chi connectivity index (χ1n) is 6.82. The zero-order chi connectivity index (χ0) is 14.0. The molecule has 1 saturated heterocycles. The molecule has 1 aromatic rings. The number of benzene rings is 1. The van der Waals surface area contributed by atoms with Crippen molar-refractivity contribution in [3.8, 4) is 6.07 Å². The fourth-order valence-corrected chi connectivity index (χ4v) is 3.51. The van der Waals surface area contributed by atoms with Crippen LogP contribution in [0.5, 0.6) is 0 Å². The molecule has 1 aliphatic rings. The lowest BCUT2D eigenvalue weighted by Crippen LogP contribution is -2.44. The van der Waals surface area contributed by atoms with Crippen LogP contribution in [-0.2, 0) is 0 Å². The highest BCUT2D eigenvalue weighted by Crippen LogP contribution is 2.40. The number of hydrogen-bond donors (Lipinski definition) is 0. The van der Waals surface area contributed by atoms with Gasteiger partial charge in [-0.25, -0.2) is 0 Å². The fourth-order valence-electron chi connectivity index (χ4n) is 2.77. The Morgan fingerprint density at radius 1 is 1.47 bits per heavy atom. The Morgan fingerprint density at radius 2 is 2.21 bits per heavy atom. The molecule has 0 radical (unpaired) electrons. The summed E-state index contributed by atoms with van der Waals surface area (Å²) in [6.45, 7) is 8.72. The van der Waals surface area contributed by atoms with Gasteiger partial charge >= 0.3 is 0 Å². The first kappa shape index (κ1) is 14.4. The molecule has 0 N–H and O–H groups in total.